The van der Waals surface area contributed by atoms with Crippen molar-refractivity contribution in [2.24, 2.45) is 0 Å². The summed E-state index contributed by atoms with van der Waals surface area (Å²) in [5.74, 6) is 0. The molecule has 8 heteroatoms. The lowest BCUT2D eigenvalue weighted by Crippen LogP contribution is -2.51. The third kappa shape index (κ3) is 7.35. The first-order chi connectivity index (χ1) is 14.4. The minimum Gasteiger partial charge on any atom is -0.337 e. The quantitative estimate of drug-likeness (QED) is 0.588. The van der Waals surface area contributed by atoms with Gasteiger partial charge < -0.3 is 10.6 Å². The number of amides is 2. The van der Waals surface area contributed by atoms with E-state index in [-0.39, 0.29) is 31.8 Å². The molecule has 1 aliphatic heterocycles. The van der Waals surface area contributed by atoms with Crippen LogP contribution in [0.15, 0.2) is 23.1 Å². The molecule has 3 rings (SSSR count). The molecule has 1 aromatic carbocycles. The van der Waals surface area contributed by atoms with Crippen LogP contribution in [-0.4, -0.2) is 37.9 Å². The van der Waals surface area contributed by atoms with E-state index in [0.29, 0.717) is 23.7 Å². The third-order valence-electron chi connectivity index (χ3n) is 6.12. The number of carbonyl (C=O) groups is 1. The molecule has 1 saturated carbocycles. The number of nitrogens with zero attached hydrogens (tertiary/aromatic N) is 1. The van der Waals surface area contributed by atoms with Crippen LogP contribution >= 0.6 is 11.6 Å². The van der Waals surface area contributed by atoms with Gasteiger partial charge in [0.15, 0.2) is 0 Å². The maximum Gasteiger partial charge on any atom is 0.315 e. The Labute approximate surface area is 200 Å². The Morgan fingerprint density at radius 1 is 1.06 bits per heavy atom. The molecule has 2 fully saturated rings. The zero-order chi connectivity index (χ0) is 21.6. The third-order valence-corrected chi connectivity index (χ3v) is 8.63. The van der Waals surface area contributed by atoms with Crippen molar-refractivity contribution in [3.05, 3.63) is 49.7 Å². The molecule has 0 aromatic heterocycles. The van der Waals surface area contributed by atoms with Gasteiger partial charge in [0, 0.05) is 24.2 Å². The van der Waals surface area contributed by atoms with Crippen molar-refractivity contribution in [3.8, 4) is 0 Å². The van der Waals surface area contributed by atoms with E-state index in [1.54, 1.807) is 29.4 Å². The fourth-order valence-electron chi connectivity index (χ4n) is 4.36. The first-order valence-electron chi connectivity index (χ1n) is 11.1. The number of benzene rings is 1. The van der Waals surface area contributed by atoms with Crippen LogP contribution < -0.4 is 10.6 Å². The van der Waals surface area contributed by atoms with Gasteiger partial charge in [0.2, 0.25) is 10.0 Å². The molecule has 2 amide bonds. The zero-order valence-corrected chi connectivity index (χ0v) is 20.7. The average molecular weight is 483 g/mol. The van der Waals surface area contributed by atoms with E-state index in [1.807, 2.05) is 0 Å². The lowest BCUT2D eigenvalue weighted by atomic mass is 9.97. The first kappa shape index (κ1) is 28.7. The van der Waals surface area contributed by atoms with Gasteiger partial charge in [-0.2, -0.15) is 4.31 Å². The minimum atomic E-state index is -3.68. The molecule has 0 spiro atoms. The molecule has 1 unspecified atom stereocenters. The highest BCUT2D eigenvalue weighted by Crippen LogP contribution is 2.30. The molecule has 1 aliphatic carbocycles. The highest BCUT2D eigenvalue weighted by atomic mass is 35.5. The molecule has 2 N–H and O–H groups in total. The highest BCUT2D eigenvalue weighted by Gasteiger charge is 2.34. The Morgan fingerprint density at radius 3 is 2.41 bits per heavy atom. The van der Waals surface area contributed by atoms with Gasteiger partial charge in [-0.15, -0.1) is 0 Å². The maximum atomic E-state index is 13.3. The molecule has 1 saturated heterocycles. The van der Waals surface area contributed by atoms with Gasteiger partial charge in [-0.25, -0.2) is 13.2 Å². The first-order valence-corrected chi connectivity index (χ1v) is 12.9. The highest BCUT2D eigenvalue weighted by molar-refractivity contribution is 7.89. The standard InChI is InChI=1S/C22H33ClN3O3S.2CH2/c1-17-20(23)13-9-14-21(17)30(28,29)26-15-8-7-12-19(26)16-24-22(27)25-18-10-5-3-2-4-6-11-18;;/h9,13-14,19H,2-8,10-12,15-16H2,1H3,(H2,24,25,27);2*1H2. The molecule has 6 nitrogen and oxygen atoms in total. The summed E-state index contributed by atoms with van der Waals surface area (Å²) in [6.45, 7) is 2.49. The van der Waals surface area contributed by atoms with Crippen LogP contribution in [-0.2, 0) is 10.0 Å². The summed E-state index contributed by atoms with van der Waals surface area (Å²) >= 11 is 6.16. The van der Waals surface area contributed by atoms with Gasteiger partial charge in [0.25, 0.3) is 0 Å². The molecule has 32 heavy (non-hydrogen) atoms. The second-order valence-electron chi connectivity index (χ2n) is 8.33. The van der Waals surface area contributed by atoms with Crippen LogP contribution in [0, 0.1) is 27.8 Å². The van der Waals surface area contributed by atoms with Crippen LogP contribution in [0.3, 0.4) is 0 Å². The average Bonchev–Trinajstić information content (AvgIpc) is 2.70. The molecule has 5 radical (unpaired) electrons. The molecule has 1 atom stereocenters. The molecule has 179 valence electrons. The van der Waals surface area contributed by atoms with Crippen molar-refractivity contribution in [2.45, 2.75) is 82.1 Å². The molecule has 2 aliphatic rings. The Kier molecular flexibility index (Phi) is 12.0. The van der Waals surface area contributed by atoms with Crippen molar-refractivity contribution in [1.29, 1.82) is 0 Å². The van der Waals surface area contributed by atoms with Crippen LogP contribution in [0.4, 0.5) is 4.79 Å². The van der Waals surface area contributed by atoms with Gasteiger partial charge in [0.05, 0.1) is 10.9 Å². The molecule has 1 aromatic rings. The van der Waals surface area contributed by atoms with Crippen molar-refractivity contribution >= 4 is 27.7 Å². The van der Waals surface area contributed by atoms with E-state index in [1.165, 1.54) is 19.3 Å². The van der Waals surface area contributed by atoms with E-state index in [4.69, 9.17) is 11.6 Å². The number of sulfonamides is 1. The number of hydrogen-bond acceptors (Lipinski definition) is 3. The molecule has 0 bridgehead atoms. The Morgan fingerprint density at radius 2 is 1.72 bits per heavy atom. The van der Waals surface area contributed by atoms with E-state index >= 15 is 0 Å². The van der Waals surface area contributed by atoms with E-state index in [9.17, 15) is 13.2 Å². The van der Waals surface area contributed by atoms with E-state index in [0.717, 1.165) is 51.0 Å². The number of piperidine rings is 1. The SMILES string of the molecule is Cc1c(Cl)cccc1S(=O)(=O)N1CCCCC1CNC(=O)N[C]1CCCCCCC1.[CH2].[CH2]. The van der Waals surface area contributed by atoms with Crippen LogP contribution in [0.1, 0.15) is 69.8 Å². The zero-order valence-electron chi connectivity index (χ0n) is 19.2. The number of hydrogen-bond donors (Lipinski definition) is 2. The smallest absolute Gasteiger partial charge is 0.315 e. The predicted molar refractivity (Wildman–Crippen MR) is 131 cm³/mol. The molecule has 1 heterocycles. The van der Waals surface area contributed by atoms with Gasteiger partial charge in [-0.3, -0.25) is 0 Å². The van der Waals surface area contributed by atoms with Gasteiger partial charge in [-0.05, 0) is 50.3 Å². The summed E-state index contributed by atoms with van der Waals surface area (Å²) in [7, 11) is -3.68. The summed E-state index contributed by atoms with van der Waals surface area (Å²) in [5, 5.41) is 6.36. The number of urea groups is 1. The largest absolute Gasteiger partial charge is 0.337 e. The monoisotopic (exact) mass is 482 g/mol. The summed E-state index contributed by atoms with van der Waals surface area (Å²) < 4.78 is 28.2. The van der Waals surface area contributed by atoms with Gasteiger partial charge in [0.1, 0.15) is 0 Å². The fourth-order valence-corrected chi connectivity index (χ4v) is 6.53. The number of rotatable bonds is 5. The lowest BCUT2D eigenvalue weighted by molar-refractivity contribution is 0.223. The predicted octanol–water partition coefficient (Wildman–Crippen LogP) is 5.42. The van der Waals surface area contributed by atoms with Crippen molar-refractivity contribution < 1.29 is 13.2 Å². The summed E-state index contributed by atoms with van der Waals surface area (Å²) in [5.41, 5.74) is 0.565. The van der Waals surface area contributed by atoms with E-state index < -0.39 is 10.0 Å². The number of nitrogens with one attached hydrogen (secondary N) is 2. The van der Waals surface area contributed by atoms with Crippen LogP contribution in [0.25, 0.3) is 0 Å². The topological polar surface area (TPSA) is 78.5 Å². The molecular formula is C24H37ClN3O3S. The Bertz CT molecular complexity index is 824. The normalized spacial score (nSPS) is 20.8. The minimum absolute atomic E-state index is 0. The summed E-state index contributed by atoms with van der Waals surface area (Å²) in [4.78, 5) is 12.7. The van der Waals surface area contributed by atoms with Crippen LogP contribution in [0.5, 0.6) is 0 Å². The van der Waals surface area contributed by atoms with E-state index in [2.05, 4.69) is 10.6 Å². The Hall–Kier alpha value is -1.31. The fraction of sp³-hybridized carbons (Fsp3) is 0.583. The Balaban J connectivity index is 0.00000256. The summed E-state index contributed by atoms with van der Waals surface area (Å²) in [6.07, 6.45) is 10.3. The van der Waals surface area contributed by atoms with Gasteiger partial charge >= 0.3 is 6.03 Å². The van der Waals surface area contributed by atoms with Crippen molar-refractivity contribution in [2.75, 3.05) is 13.1 Å². The second kappa shape index (κ2) is 13.4. The lowest BCUT2D eigenvalue weighted by Gasteiger charge is -2.35. The summed E-state index contributed by atoms with van der Waals surface area (Å²) in [6, 6.07) is 5.58. The second-order valence-corrected chi connectivity index (χ2v) is 10.6. The maximum absolute atomic E-state index is 13.3. The van der Waals surface area contributed by atoms with Gasteiger partial charge in [-0.1, -0.05) is 71.0 Å². The van der Waals surface area contributed by atoms with Crippen LogP contribution in [0.2, 0.25) is 5.02 Å². The van der Waals surface area contributed by atoms with Crippen molar-refractivity contribution in [1.82, 2.24) is 14.9 Å². The van der Waals surface area contributed by atoms with Crippen molar-refractivity contribution in [3.63, 3.8) is 0 Å². The molecular weight excluding hydrogens is 446 g/mol. The number of carbonyl (C=O) groups excluding carboxylic acids is 1. The number of halogens is 1.